The maximum Gasteiger partial charge on any atom is 0.176 e. The van der Waals surface area contributed by atoms with Crippen LogP contribution in [0.4, 0.5) is 11.5 Å². The average molecular weight is 391 g/mol. The van der Waals surface area contributed by atoms with Crippen molar-refractivity contribution in [1.29, 1.82) is 0 Å². The van der Waals surface area contributed by atoms with E-state index in [1.54, 1.807) is 0 Å². The van der Waals surface area contributed by atoms with Gasteiger partial charge in [0.1, 0.15) is 0 Å². The first-order chi connectivity index (χ1) is 12.0. The molecule has 0 aliphatic rings. The molecule has 0 fully saturated rings. The minimum absolute atomic E-state index is 0.460. The van der Waals surface area contributed by atoms with E-state index in [1.165, 1.54) is 0 Å². The van der Waals surface area contributed by atoms with E-state index in [4.69, 9.17) is 35.4 Å². The second-order valence-electron chi connectivity index (χ2n) is 5.52. The number of benzene rings is 2. The Balaban J connectivity index is 1.61. The lowest BCUT2D eigenvalue weighted by molar-refractivity contribution is 0.690. The van der Waals surface area contributed by atoms with Gasteiger partial charge in [-0.25, -0.2) is 0 Å². The molecule has 7 heteroatoms. The molecule has 0 spiro atoms. The molecule has 3 aromatic rings. The van der Waals surface area contributed by atoms with Crippen LogP contribution < -0.4 is 10.6 Å². The number of halogens is 2. The van der Waals surface area contributed by atoms with Crippen molar-refractivity contribution in [2.24, 2.45) is 0 Å². The molecule has 25 heavy (non-hydrogen) atoms. The molecule has 0 aliphatic carbocycles. The number of aromatic nitrogens is 2. The summed E-state index contributed by atoms with van der Waals surface area (Å²) in [6, 6.07) is 15.2. The molecular formula is C18H16Cl2N4S. The van der Waals surface area contributed by atoms with E-state index in [-0.39, 0.29) is 0 Å². The van der Waals surface area contributed by atoms with Crippen LogP contribution in [-0.4, -0.2) is 14.9 Å². The van der Waals surface area contributed by atoms with Gasteiger partial charge in [-0.05, 0) is 54.5 Å². The molecule has 4 nitrogen and oxygen atoms in total. The van der Waals surface area contributed by atoms with Gasteiger partial charge in [0.15, 0.2) is 10.9 Å². The molecule has 0 saturated carbocycles. The molecular weight excluding hydrogens is 375 g/mol. The van der Waals surface area contributed by atoms with Crippen LogP contribution in [0.2, 0.25) is 10.0 Å². The van der Waals surface area contributed by atoms with Crippen LogP contribution in [0.25, 0.3) is 0 Å². The molecule has 0 unspecified atom stereocenters. The molecule has 0 amide bonds. The quantitative estimate of drug-likeness (QED) is 0.588. The van der Waals surface area contributed by atoms with Gasteiger partial charge in [0.25, 0.3) is 0 Å². The van der Waals surface area contributed by atoms with Gasteiger partial charge in [-0.1, -0.05) is 41.4 Å². The molecule has 0 aliphatic heterocycles. The fraction of sp³-hybridized carbons (Fsp3) is 0.111. The Morgan fingerprint density at radius 2 is 1.84 bits per heavy atom. The van der Waals surface area contributed by atoms with Crippen molar-refractivity contribution in [3.8, 4) is 0 Å². The summed E-state index contributed by atoms with van der Waals surface area (Å²) in [7, 11) is 0. The van der Waals surface area contributed by atoms with Gasteiger partial charge >= 0.3 is 0 Å². The van der Waals surface area contributed by atoms with Crippen molar-refractivity contribution in [2.75, 3.05) is 10.6 Å². The molecule has 0 bridgehead atoms. The van der Waals surface area contributed by atoms with Gasteiger partial charge in [-0.3, -0.25) is 4.68 Å². The third-order valence-electron chi connectivity index (χ3n) is 3.66. The Morgan fingerprint density at radius 3 is 2.60 bits per heavy atom. The maximum absolute atomic E-state index is 6.12. The van der Waals surface area contributed by atoms with Crippen LogP contribution in [0.3, 0.4) is 0 Å². The summed E-state index contributed by atoms with van der Waals surface area (Å²) < 4.78 is 1.83. The standard InChI is InChI=1S/C18H16Cl2N4S/c1-12-15(20)3-2-4-16(12)21-18(25)22-17-9-10-24(23-17)11-13-5-7-14(19)8-6-13/h2-10H,11H2,1H3,(H2,21,22,23,25). The second kappa shape index (κ2) is 7.87. The van der Waals surface area contributed by atoms with E-state index >= 15 is 0 Å². The number of nitrogens with one attached hydrogen (secondary N) is 2. The van der Waals surface area contributed by atoms with Crippen molar-refractivity contribution in [3.05, 3.63) is 75.9 Å². The zero-order valence-corrected chi connectivity index (χ0v) is 15.8. The molecule has 0 atom stereocenters. The maximum atomic E-state index is 6.12. The Morgan fingerprint density at radius 1 is 1.08 bits per heavy atom. The van der Waals surface area contributed by atoms with Gasteiger partial charge in [0.2, 0.25) is 0 Å². The van der Waals surface area contributed by atoms with Crippen LogP contribution in [0, 0.1) is 6.92 Å². The summed E-state index contributed by atoms with van der Waals surface area (Å²) in [6.45, 7) is 2.60. The number of hydrogen-bond donors (Lipinski definition) is 2. The molecule has 0 saturated heterocycles. The first-order valence-corrected chi connectivity index (χ1v) is 8.79. The first-order valence-electron chi connectivity index (χ1n) is 7.62. The largest absolute Gasteiger partial charge is 0.332 e. The van der Waals surface area contributed by atoms with E-state index in [2.05, 4.69) is 15.7 Å². The first kappa shape index (κ1) is 17.7. The molecule has 1 aromatic heterocycles. The fourth-order valence-corrected chi connectivity index (χ4v) is 2.82. The Bertz CT molecular complexity index is 890. The van der Waals surface area contributed by atoms with Crippen LogP contribution in [0.5, 0.6) is 0 Å². The van der Waals surface area contributed by atoms with Crippen LogP contribution in [-0.2, 0) is 6.54 Å². The lowest BCUT2D eigenvalue weighted by Crippen LogP contribution is -2.20. The summed E-state index contributed by atoms with van der Waals surface area (Å²) in [5.74, 6) is 0.672. The smallest absolute Gasteiger partial charge is 0.176 e. The highest BCUT2D eigenvalue weighted by atomic mass is 35.5. The van der Waals surface area contributed by atoms with Gasteiger partial charge in [-0.2, -0.15) is 5.10 Å². The highest BCUT2D eigenvalue weighted by Gasteiger charge is 2.06. The van der Waals surface area contributed by atoms with E-state index in [1.807, 2.05) is 66.3 Å². The van der Waals surface area contributed by atoms with Gasteiger partial charge in [0, 0.05) is 28.0 Å². The van der Waals surface area contributed by atoms with Crippen molar-refractivity contribution in [1.82, 2.24) is 9.78 Å². The normalized spacial score (nSPS) is 10.5. The Hall–Kier alpha value is -2.08. The topological polar surface area (TPSA) is 41.9 Å². The Labute approximate surface area is 161 Å². The molecule has 2 N–H and O–H groups in total. The van der Waals surface area contributed by atoms with E-state index in [0.717, 1.165) is 21.8 Å². The van der Waals surface area contributed by atoms with Gasteiger partial charge < -0.3 is 10.6 Å². The van der Waals surface area contributed by atoms with Gasteiger partial charge in [-0.15, -0.1) is 0 Å². The third-order valence-corrected chi connectivity index (χ3v) is 4.52. The van der Waals surface area contributed by atoms with Crippen molar-refractivity contribution in [3.63, 3.8) is 0 Å². The van der Waals surface area contributed by atoms with Crippen molar-refractivity contribution < 1.29 is 0 Å². The second-order valence-corrected chi connectivity index (χ2v) is 6.77. The minimum Gasteiger partial charge on any atom is -0.332 e. The van der Waals surface area contributed by atoms with Crippen molar-refractivity contribution >= 4 is 52.0 Å². The van der Waals surface area contributed by atoms with Crippen LogP contribution in [0.15, 0.2) is 54.7 Å². The number of hydrogen-bond acceptors (Lipinski definition) is 2. The molecule has 2 aromatic carbocycles. The predicted octanol–water partition coefficient (Wildman–Crippen LogP) is 5.36. The lowest BCUT2D eigenvalue weighted by atomic mass is 10.2. The zero-order chi connectivity index (χ0) is 17.8. The number of nitrogens with zero attached hydrogens (tertiary/aromatic N) is 2. The summed E-state index contributed by atoms with van der Waals surface area (Å²) in [5, 5.41) is 12.6. The molecule has 0 radical (unpaired) electrons. The fourth-order valence-electron chi connectivity index (χ4n) is 2.31. The van der Waals surface area contributed by atoms with E-state index < -0.39 is 0 Å². The molecule has 1 heterocycles. The van der Waals surface area contributed by atoms with E-state index in [0.29, 0.717) is 22.5 Å². The number of rotatable bonds is 4. The van der Waals surface area contributed by atoms with E-state index in [9.17, 15) is 0 Å². The number of thiocarbonyl (C=S) groups is 1. The predicted molar refractivity (Wildman–Crippen MR) is 109 cm³/mol. The Kier molecular flexibility index (Phi) is 5.58. The SMILES string of the molecule is Cc1c(Cl)cccc1NC(=S)Nc1ccn(Cc2ccc(Cl)cc2)n1. The summed E-state index contributed by atoms with van der Waals surface area (Å²) in [4.78, 5) is 0. The monoisotopic (exact) mass is 390 g/mol. The molecule has 3 rings (SSSR count). The number of anilines is 2. The summed E-state index contributed by atoms with van der Waals surface area (Å²) in [6.07, 6.45) is 1.89. The summed E-state index contributed by atoms with van der Waals surface area (Å²) >= 11 is 17.4. The molecule has 128 valence electrons. The minimum atomic E-state index is 0.460. The third kappa shape index (κ3) is 4.72. The average Bonchev–Trinajstić information content (AvgIpc) is 3.01. The van der Waals surface area contributed by atoms with Crippen LogP contribution in [0.1, 0.15) is 11.1 Å². The van der Waals surface area contributed by atoms with Crippen molar-refractivity contribution in [2.45, 2.75) is 13.5 Å². The highest BCUT2D eigenvalue weighted by Crippen LogP contribution is 2.23. The van der Waals surface area contributed by atoms with Gasteiger partial charge in [0.05, 0.1) is 6.54 Å². The summed E-state index contributed by atoms with van der Waals surface area (Å²) in [5.41, 5.74) is 2.93. The highest BCUT2D eigenvalue weighted by molar-refractivity contribution is 7.80. The zero-order valence-electron chi connectivity index (χ0n) is 13.5. The lowest BCUT2D eigenvalue weighted by Gasteiger charge is -2.11. The van der Waals surface area contributed by atoms with Crippen LogP contribution >= 0.6 is 35.4 Å².